The van der Waals surface area contributed by atoms with Crippen molar-refractivity contribution in [3.63, 3.8) is 0 Å². The van der Waals surface area contributed by atoms with Crippen LogP contribution in [0.15, 0.2) is 53.6 Å². The van der Waals surface area contributed by atoms with Crippen LogP contribution in [0.3, 0.4) is 0 Å². The maximum Gasteiger partial charge on any atom is 0.413 e. The van der Waals surface area contributed by atoms with Gasteiger partial charge in [-0.1, -0.05) is 41.4 Å². The number of allylic oxidation sites excluding steroid dienone is 1. The lowest BCUT2D eigenvalue weighted by molar-refractivity contribution is 0.0631. The lowest BCUT2D eigenvalue weighted by Gasteiger charge is -2.19. The molecule has 0 aliphatic carbocycles. The van der Waals surface area contributed by atoms with Crippen LogP contribution < -0.4 is 16.0 Å². The number of amides is 3. The Bertz CT molecular complexity index is 2090. The number of rotatable bonds is 8. The van der Waals surface area contributed by atoms with Crippen molar-refractivity contribution in [2.45, 2.75) is 67.5 Å². The van der Waals surface area contributed by atoms with Crippen molar-refractivity contribution < 1.29 is 33.8 Å². The Kier molecular flexibility index (Phi) is 22.7. The van der Waals surface area contributed by atoms with Crippen molar-refractivity contribution in [2.24, 2.45) is 21.1 Å². The molecule has 0 unspecified atom stereocenters. The average molecular weight is 852 g/mol. The molecule has 0 saturated carbocycles. The molecule has 0 spiro atoms. The fourth-order valence-electron chi connectivity index (χ4n) is 4.13. The van der Waals surface area contributed by atoms with Crippen molar-refractivity contribution >= 4 is 85.3 Å². The van der Waals surface area contributed by atoms with Gasteiger partial charge in [0, 0.05) is 60.2 Å². The lowest BCUT2D eigenvalue weighted by Crippen LogP contribution is -2.27. The van der Waals surface area contributed by atoms with E-state index in [9.17, 15) is 24.0 Å². The number of benzene rings is 1. The molecule has 22 heteroatoms. The zero-order valence-electron chi connectivity index (χ0n) is 35.1. The highest BCUT2D eigenvalue weighted by atomic mass is 35.5. The van der Waals surface area contributed by atoms with Gasteiger partial charge in [0.15, 0.2) is 29.1 Å². The minimum Gasteiger partial charge on any atom is -0.475 e. The standard InChI is InChI=1S/C13H18ClN.C10H15N3O4.C6H5BClN3O2.C6H8BN3O.C2H3N/c1-10(2)13(14)15(4)9-12-7-5-11(3)6-8-12;1-10(2,3)17-9(16)12-6-5-13(4)7(11-6)8(14)15;1-11-2-3(10-6(7)13)9-5(11)4(8)12;1-4-8-5(3-10(4)2)9-6(7)11;1-2-3/h5-8H,9H2,1-4H3;5H,1-4H3,(H,12,16)(H,14,15);2H,1H3,(H,10,13);3H,1-2H3,(H,9,11);1H3. The summed E-state index contributed by atoms with van der Waals surface area (Å²) in [7, 11) is 16.7. The number of nitriles is 1. The number of imidazole rings is 3. The highest BCUT2D eigenvalue weighted by Crippen LogP contribution is 2.16. The molecular formula is C37H49B2Cl2N11O7. The van der Waals surface area contributed by atoms with Gasteiger partial charge in [0.25, 0.3) is 5.24 Å². The molecule has 3 aromatic heterocycles. The maximum atomic E-state index is 11.4. The van der Waals surface area contributed by atoms with Gasteiger partial charge in [0.05, 0.1) is 6.07 Å². The molecule has 0 bridgehead atoms. The van der Waals surface area contributed by atoms with Crippen LogP contribution in [0.4, 0.5) is 31.8 Å². The molecule has 0 aliphatic rings. The van der Waals surface area contributed by atoms with Gasteiger partial charge >= 0.3 is 12.1 Å². The molecule has 3 heterocycles. The number of hydrogen-bond donors (Lipinski definition) is 4. The van der Waals surface area contributed by atoms with Crippen LogP contribution in [0.5, 0.6) is 0 Å². The third kappa shape index (κ3) is 21.9. The topological polar surface area (TPSA) is 231 Å². The summed E-state index contributed by atoms with van der Waals surface area (Å²) >= 11 is 11.3. The number of aromatic nitrogens is 6. The number of nitrogens with zero attached hydrogens (tertiary/aromatic N) is 8. The van der Waals surface area contributed by atoms with E-state index in [0.29, 0.717) is 5.82 Å². The normalized spacial score (nSPS) is 9.78. The van der Waals surface area contributed by atoms with Crippen molar-refractivity contribution in [1.82, 2.24) is 33.6 Å². The Labute approximate surface area is 356 Å². The number of ether oxygens (including phenoxy) is 1. The molecule has 3 amide bonds. The van der Waals surface area contributed by atoms with E-state index in [0.717, 1.165) is 23.1 Å². The van der Waals surface area contributed by atoms with Crippen LogP contribution in [0.1, 0.15) is 79.7 Å². The first kappa shape index (κ1) is 52.9. The van der Waals surface area contributed by atoms with Crippen molar-refractivity contribution in [3.8, 4) is 6.07 Å². The number of carbonyl (C=O) groups is 5. The minimum atomic E-state index is -1.16. The number of nitrogens with one attached hydrogen (secondary N) is 3. The quantitative estimate of drug-likeness (QED) is 0.0811. The number of hydrogen-bond acceptors (Lipinski definition) is 11. The molecule has 0 saturated heterocycles. The van der Waals surface area contributed by atoms with E-state index in [1.54, 1.807) is 44.7 Å². The van der Waals surface area contributed by atoms with E-state index < -0.39 is 34.5 Å². The zero-order chi connectivity index (χ0) is 45.8. The molecule has 4 rings (SSSR count). The van der Waals surface area contributed by atoms with Gasteiger partial charge in [-0.2, -0.15) is 5.26 Å². The summed E-state index contributed by atoms with van der Waals surface area (Å²) in [6.45, 7) is 15.4. The SMILES string of the molecule is CC#N.CC(C)=C(Cl)N(C)Cc1ccc(C)cc1.Cn1cc(NC(=O)OC(C)(C)C)nc1C(=O)O.[B]C(=O)Nc1cn(C)c(C(=O)Cl)n1.[B]C(=O)Nc1cn(C)c(C)n1. The van der Waals surface area contributed by atoms with Crippen molar-refractivity contribution in [3.05, 3.63) is 82.2 Å². The molecule has 18 nitrogen and oxygen atoms in total. The van der Waals surface area contributed by atoms with Gasteiger partial charge < -0.3 is 39.1 Å². The Hall–Kier alpha value is -6.06. The van der Waals surface area contributed by atoms with Gasteiger partial charge in [0.2, 0.25) is 21.5 Å². The predicted molar refractivity (Wildman–Crippen MR) is 229 cm³/mol. The van der Waals surface area contributed by atoms with E-state index in [4.69, 9.17) is 54.0 Å². The fourth-order valence-corrected chi connectivity index (χ4v) is 4.37. The number of aromatic carboxylic acids is 1. The van der Waals surface area contributed by atoms with E-state index in [-0.39, 0.29) is 23.3 Å². The van der Waals surface area contributed by atoms with Crippen molar-refractivity contribution in [2.75, 3.05) is 23.0 Å². The lowest BCUT2D eigenvalue weighted by atomic mass is 10.1. The first-order valence-electron chi connectivity index (χ1n) is 17.2. The van der Waals surface area contributed by atoms with E-state index in [1.165, 1.54) is 46.6 Å². The molecule has 314 valence electrons. The fraction of sp³-hybridized carbons (Fsp3) is 0.378. The second-order valence-corrected chi connectivity index (χ2v) is 14.1. The van der Waals surface area contributed by atoms with E-state index in [2.05, 4.69) is 67.0 Å². The first-order chi connectivity index (χ1) is 27.2. The number of anilines is 3. The van der Waals surface area contributed by atoms with Crippen LogP contribution in [0.25, 0.3) is 0 Å². The molecule has 59 heavy (non-hydrogen) atoms. The molecule has 4 radical (unpaired) electrons. The van der Waals surface area contributed by atoms with Gasteiger partial charge in [-0.05, 0) is 71.2 Å². The monoisotopic (exact) mass is 851 g/mol. The summed E-state index contributed by atoms with van der Waals surface area (Å²) < 4.78 is 9.49. The molecule has 0 fully saturated rings. The molecule has 4 N–H and O–H groups in total. The Balaban J connectivity index is 0.000000750. The van der Waals surface area contributed by atoms with Gasteiger partial charge in [-0.3, -0.25) is 19.7 Å². The summed E-state index contributed by atoms with van der Waals surface area (Å²) in [6, 6.07) is 10.3. The summed E-state index contributed by atoms with van der Waals surface area (Å²) in [4.78, 5) is 67.1. The number of carbonyl (C=O) groups excluding carboxylic acids is 4. The second-order valence-electron chi connectivity index (χ2n) is 13.4. The Morgan fingerprint density at radius 2 is 1.25 bits per heavy atom. The predicted octanol–water partition coefficient (Wildman–Crippen LogP) is 6.84. The Morgan fingerprint density at radius 3 is 1.61 bits per heavy atom. The zero-order valence-corrected chi connectivity index (χ0v) is 36.6. The summed E-state index contributed by atoms with van der Waals surface area (Å²) in [5, 5.41) is 23.2. The number of aryl methyl sites for hydroxylation is 5. The van der Waals surface area contributed by atoms with Crippen LogP contribution in [-0.4, -0.2) is 95.9 Å². The maximum absolute atomic E-state index is 11.4. The molecular weight excluding hydrogens is 803 g/mol. The van der Waals surface area contributed by atoms with Crippen LogP contribution >= 0.6 is 23.2 Å². The van der Waals surface area contributed by atoms with Crippen LogP contribution in [-0.2, 0) is 32.4 Å². The van der Waals surface area contributed by atoms with E-state index in [1.807, 2.05) is 34.9 Å². The summed E-state index contributed by atoms with van der Waals surface area (Å²) in [6.07, 6.45) is 3.85. The summed E-state index contributed by atoms with van der Waals surface area (Å²) in [5.74, 6) is -0.967. The number of halogens is 2. The molecule has 0 atom stereocenters. The largest absolute Gasteiger partial charge is 0.475 e. The summed E-state index contributed by atoms with van der Waals surface area (Å²) in [5.41, 5.74) is 3.09. The van der Waals surface area contributed by atoms with Gasteiger partial charge in [-0.25, -0.2) is 24.5 Å². The highest BCUT2D eigenvalue weighted by molar-refractivity contribution is 6.67. The minimum absolute atomic E-state index is 0.0467. The number of carboxylic acid groups (broad SMARTS) is 1. The van der Waals surface area contributed by atoms with Crippen molar-refractivity contribution in [1.29, 1.82) is 5.26 Å². The Morgan fingerprint density at radius 1 is 0.831 bits per heavy atom. The first-order valence-corrected chi connectivity index (χ1v) is 18.0. The second kappa shape index (κ2) is 25.3. The third-order valence-corrected chi connectivity index (χ3v) is 7.48. The van der Waals surface area contributed by atoms with Crippen LogP contribution in [0.2, 0.25) is 0 Å². The molecule has 4 aromatic rings. The molecule has 0 aliphatic heterocycles. The van der Waals surface area contributed by atoms with Crippen LogP contribution in [0, 0.1) is 25.2 Å². The highest BCUT2D eigenvalue weighted by Gasteiger charge is 2.19. The van der Waals surface area contributed by atoms with E-state index >= 15 is 0 Å². The third-order valence-electron chi connectivity index (χ3n) is 6.65. The average Bonchev–Trinajstić information content (AvgIpc) is 3.75. The molecule has 1 aromatic carbocycles. The van der Waals surface area contributed by atoms with Gasteiger partial charge in [0.1, 0.15) is 22.4 Å². The van der Waals surface area contributed by atoms with Gasteiger partial charge in [-0.15, -0.1) is 0 Å². The number of carboxylic acids is 1. The smallest absolute Gasteiger partial charge is 0.413 e.